The molecule has 4 nitrogen and oxygen atoms in total. The topological polar surface area (TPSA) is 63.3 Å². The number of aliphatic imine (C=N–C) groups is 1. The number of aromatic nitrogens is 1. The van der Waals surface area contributed by atoms with Crippen molar-refractivity contribution >= 4 is 47.0 Å². The van der Waals surface area contributed by atoms with Gasteiger partial charge in [-0.2, -0.15) is 0 Å². The Bertz CT molecular complexity index is 724. The fourth-order valence-electron chi connectivity index (χ4n) is 3.16. The standard InChI is InChI=1S/C18H24N4S.HI/c1-12-17(23-13(2)21-12)10-11-20-18(19)22-16-9-5-7-14-6-3-4-8-15(14)16;/h5,7,9H,3-4,6,8,10-11H2,1-2H3,(H3,19,20,22);1H. The van der Waals surface area contributed by atoms with Crippen LogP contribution in [0.2, 0.25) is 0 Å². The molecular formula is C18H25IN4S. The molecule has 130 valence electrons. The number of hydrogen-bond donors (Lipinski definition) is 2. The smallest absolute Gasteiger partial charge is 0.193 e. The van der Waals surface area contributed by atoms with Crippen molar-refractivity contribution in [2.24, 2.45) is 10.7 Å². The Hall–Kier alpha value is -1.15. The van der Waals surface area contributed by atoms with Gasteiger partial charge in [0.15, 0.2) is 5.96 Å². The van der Waals surface area contributed by atoms with Gasteiger partial charge in [0.1, 0.15) is 0 Å². The highest BCUT2D eigenvalue weighted by Crippen LogP contribution is 2.27. The van der Waals surface area contributed by atoms with E-state index in [1.807, 2.05) is 6.92 Å². The maximum absolute atomic E-state index is 6.07. The van der Waals surface area contributed by atoms with E-state index in [0.717, 1.165) is 29.2 Å². The molecule has 0 unspecified atom stereocenters. The Balaban J connectivity index is 0.00000208. The Morgan fingerprint density at radius 1 is 1.29 bits per heavy atom. The molecule has 0 bridgehead atoms. The van der Waals surface area contributed by atoms with E-state index in [-0.39, 0.29) is 24.0 Å². The van der Waals surface area contributed by atoms with Crippen LogP contribution in [-0.4, -0.2) is 17.5 Å². The van der Waals surface area contributed by atoms with Crippen molar-refractivity contribution in [3.63, 3.8) is 0 Å². The highest BCUT2D eigenvalue weighted by atomic mass is 127. The summed E-state index contributed by atoms with van der Waals surface area (Å²) in [5, 5.41) is 4.41. The van der Waals surface area contributed by atoms with Crippen LogP contribution in [0.5, 0.6) is 0 Å². The molecule has 1 aromatic carbocycles. The van der Waals surface area contributed by atoms with Gasteiger partial charge >= 0.3 is 0 Å². The zero-order valence-corrected chi connectivity index (χ0v) is 17.4. The van der Waals surface area contributed by atoms with Gasteiger partial charge in [0.05, 0.1) is 10.7 Å². The van der Waals surface area contributed by atoms with E-state index < -0.39 is 0 Å². The third kappa shape index (κ3) is 4.69. The summed E-state index contributed by atoms with van der Waals surface area (Å²) >= 11 is 1.75. The van der Waals surface area contributed by atoms with Crippen molar-refractivity contribution in [1.29, 1.82) is 0 Å². The number of rotatable bonds is 4. The molecule has 3 N–H and O–H groups in total. The number of nitrogens with one attached hydrogen (secondary N) is 1. The van der Waals surface area contributed by atoms with Gasteiger partial charge in [-0.25, -0.2) is 4.98 Å². The molecule has 0 spiro atoms. The first kappa shape index (κ1) is 19.2. The van der Waals surface area contributed by atoms with E-state index in [1.54, 1.807) is 11.3 Å². The second-order valence-electron chi connectivity index (χ2n) is 6.03. The quantitative estimate of drug-likeness (QED) is 0.411. The Morgan fingerprint density at radius 2 is 2.08 bits per heavy atom. The van der Waals surface area contributed by atoms with Crippen LogP contribution in [-0.2, 0) is 19.3 Å². The molecule has 0 amide bonds. The van der Waals surface area contributed by atoms with Crippen LogP contribution in [0.25, 0.3) is 0 Å². The van der Waals surface area contributed by atoms with Crippen molar-refractivity contribution in [2.45, 2.75) is 46.0 Å². The molecule has 0 fully saturated rings. The summed E-state index contributed by atoms with van der Waals surface area (Å²) in [7, 11) is 0. The third-order valence-corrected chi connectivity index (χ3v) is 5.41. The van der Waals surface area contributed by atoms with Crippen LogP contribution < -0.4 is 11.1 Å². The summed E-state index contributed by atoms with van der Waals surface area (Å²) in [6.45, 7) is 4.79. The average molecular weight is 456 g/mol. The number of guanidine groups is 1. The number of benzene rings is 1. The lowest BCUT2D eigenvalue weighted by molar-refractivity contribution is 0.687. The highest BCUT2D eigenvalue weighted by Gasteiger charge is 2.13. The zero-order chi connectivity index (χ0) is 16.2. The number of anilines is 1. The zero-order valence-electron chi connectivity index (χ0n) is 14.3. The Labute approximate surface area is 165 Å². The molecule has 1 heterocycles. The van der Waals surface area contributed by atoms with Crippen molar-refractivity contribution in [3.8, 4) is 0 Å². The van der Waals surface area contributed by atoms with E-state index in [1.165, 1.54) is 35.3 Å². The van der Waals surface area contributed by atoms with Crippen LogP contribution in [0.1, 0.15) is 39.5 Å². The number of nitrogens with two attached hydrogens (primary N) is 1. The summed E-state index contributed by atoms with van der Waals surface area (Å²) < 4.78 is 0. The summed E-state index contributed by atoms with van der Waals surface area (Å²) in [6, 6.07) is 6.42. The van der Waals surface area contributed by atoms with Crippen molar-refractivity contribution in [1.82, 2.24) is 4.98 Å². The molecule has 1 aliphatic carbocycles. The normalized spacial score (nSPS) is 14.0. The molecule has 3 rings (SSSR count). The summed E-state index contributed by atoms with van der Waals surface area (Å²) in [4.78, 5) is 10.2. The van der Waals surface area contributed by atoms with Gasteiger partial charge in [-0.3, -0.25) is 4.99 Å². The predicted octanol–water partition coefficient (Wildman–Crippen LogP) is 4.23. The van der Waals surface area contributed by atoms with Crippen molar-refractivity contribution in [2.75, 3.05) is 11.9 Å². The summed E-state index contributed by atoms with van der Waals surface area (Å²) in [5.74, 6) is 0.503. The number of fused-ring (bicyclic) bond motifs is 1. The number of nitrogens with zero attached hydrogens (tertiary/aromatic N) is 2. The molecule has 0 saturated carbocycles. The molecule has 6 heteroatoms. The van der Waals surface area contributed by atoms with E-state index >= 15 is 0 Å². The Morgan fingerprint density at radius 3 is 2.83 bits per heavy atom. The van der Waals surface area contributed by atoms with Gasteiger partial charge in [0.2, 0.25) is 0 Å². The molecular weight excluding hydrogens is 431 g/mol. The lowest BCUT2D eigenvalue weighted by atomic mass is 9.90. The number of thiazole rings is 1. The molecule has 2 aromatic rings. The fraction of sp³-hybridized carbons (Fsp3) is 0.444. The van der Waals surface area contributed by atoms with E-state index in [2.05, 4.69) is 40.4 Å². The fourth-order valence-corrected chi connectivity index (χ4v) is 4.09. The van der Waals surface area contributed by atoms with E-state index in [0.29, 0.717) is 12.5 Å². The highest BCUT2D eigenvalue weighted by molar-refractivity contribution is 14.0. The maximum Gasteiger partial charge on any atom is 0.193 e. The maximum atomic E-state index is 6.07. The minimum Gasteiger partial charge on any atom is -0.370 e. The van der Waals surface area contributed by atoms with Crippen LogP contribution >= 0.6 is 35.3 Å². The van der Waals surface area contributed by atoms with Crippen LogP contribution in [0.15, 0.2) is 23.2 Å². The minimum atomic E-state index is 0. The largest absolute Gasteiger partial charge is 0.370 e. The van der Waals surface area contributed by atoms with Gasteiger partial charge in [-0.15, -0.1) is 35.3 Å². The van der Waals surface area contributed by atoms with Gasteiger partial charge in [-0.1, -0.05) is 12.1 Å². The number of hydrogen-bond acceptors (Lipinski definition) is 3. The van der Waals surface area contributed by atoms with Crippen LogP contribution in [0, 0.1) is 13.8 Å². The van der Waals surface area contributed by atoms with Gasteiger partial charge in [0.25, 0.3) is 0 Å². The lowest BCUT2D eigenvalue weighted by Gasteiger charge is -2.19. The first-order chi connectivity index (χ1) is 11.1. The molecule has 0 aliphatic heterocycles. The minimum absolute atomic E-state index is 0. The SMILES string of the molecule is Cc1nc(C)c(CCN=C(N)Nc2cccc3c2CCCC3)s1.I. The summed E-state index contributed by atoms with van der Waals surface area (Å²) in [5.41, 5.74) is 11.2. The van der Waals surface area contributed by atoms with E-state index in [9.17, 15) is 0 Å². The van der Waals surface area contributed by atoms with Crippen molar-refractivity contribution < 1.29 is 0 Å². The number of aryl methyl sites for hydroxylation is 3. The van der Waals surface area contributed by atoms with Crippen LogP contribution in [0.4, 0.5) is 5.69 Å². The van der Waals surface area contributed by atoms with Crippen LogP contribution in [0.3, 0.4) is 0 Å². The lowest BCUT2D eigenvalue weighted by Crippen LogP contribution is -2.24. The average Bonchev–Trinajstić information content (AvgIpc) is 2.85. The molecule has 1 aliphatic rings. The number of halogens is 1. The monoisotopic (exact) mass is 456 g/mol. The third-order valence-electron chi connectivity index (χ3n) is 4.28. The van der Waals surface area contributed by atoms with Gasteiger partial charge in [-0.05, 0) is 56.7 Å². The molecule has 1 aromatic heterocycles. The Kier molecular flexibility index (Phi) is 7.03. The molecule has 0 atom stereocenters. The second-order valence-corrected chi connectivity index (χ2v) is 7.32. The first-order valence-electron chi connectivity index (χ1n) is 8.24. The summed E-state index contributed by atoms with van der Waals surface area (Å²) in [6.07, 6.45) is 5.74. The van der Waals surface area contributed by atoms with Crippen molar-refractivity contribution in [3.05, 3.63) is 44.9 Å². The van der Waals surface area contributed by atoms with Gasteiger partial charge in [0, 0.05) is 23.5 Å². The predicted molar refractivity (Wildman–Crippen MR) is 114 cm³/mol. The molecule has 0 saturated heterocycles. The molecule has 24 heavy (non-hydrogen) atoms. The van der Waals surface area contributed by atoms with Gasteiger partial charge < -0.3 is 11.1 Å². The van der Waals surface area contributed by atoms with E-state index in [4.69, 9.17) is 5.73 Å². The second kappa shape index (κ2) is 8.80. The molecule has 0 radical (unpaired) electrons. The first-order valence-corrected chi connectivity index (χ1v) is 9.06.